The highest BCUT2D eigenvalue weighted by atomic mass is 16.6. The molecule has 7 heteroatoms. The van der Waals surface area contributed by atoms with Crippen LogP contribution in [0.3, 0.4) is 0 Å². The van der Waals surface area contributed by atoms with Crippen LogP contribution in [0, 0.1) is 0 Å². The molecule has 0 spiro atoms. The fraction of sp³-hybridized carbons (Fsp3) is 0.650. The predicted molar refractivity (Wildman–Crippen MR) is 103 cm³/mol. The van der Waals surface area contributed by atoms with Crippen molar-refractivity contribution in [3.8, 4) is 0 Å². The van der Waals surface area contributed by atoms with Crippen LogP contribution in [0.25, 0.3) is 0 Å². The maximum atomic E-state index is 12.0. The van der Waals surface area contributed by atoms with Gasteiger partial charge in [-0.25, -0.2) is 14.4 Å². The van der Waals surface area contributed by atoms with Crippen LogP contribution in [0.5, 0.6) is 0 Å². The van der Waals surface area contributed by atoms with Crippen LogP contribution in [0.1, 0.15) is 60.3 Å². The number of rotatable bonds is 11. The number of alkyl carbamates (subject to hydrolysis) is 1. The van der Waals surface area contributed by atoms with Crippen LogP contribution < -0.4 is 5.32 Å². The smallest absolute Gasteiger partial charge is 0.407 e. The van der Waals surface area contributed by atoms with Gasteiger partial charge in [0.05, 0.1) is 13.2 Å². The molecule has 0 unspecified atom stereocenters. The minimum absolute atomic E-state index is 0.154. The summed E-state index contributed by atoms with van der Waals surface area (Å²) < 4.78 is 14.9. The molecule has 0 aliphatic rings. The third-order valence-corrected chi connectivity index (χ3v) is 3.17. The lowest BCUT2D eigenvalue weighted by Gasteiger charge is -2.23. The van der Waals surface area contributed by atoms with Crippen molar-refractivity contribution in [1.29, 1.82) is 0 Å². The molecular weight excluding hydrogens is 350 g/mol. The van der Waals surface area contributed by atoms with Gasteiger partial charge in [0.25, 0.3) is 0 Å². The molecule has 0 heterocycles. The number of esters is 2. The molecule has 0 atom stereocenters. The number of carbonyl (C=O) groups excluding carboxylic acids is 3. The van der Waals surface area contributed by atoms with Gasteiger partial charge in [-0.05, 0) is 60.3 Å². The molecule has 0 rings (SSSR count). The average molecular weight is 383 g/mol. The Hall–Kier alpha value is -2.31. The summed E-state index contributed by atoms with van der Waals surface area (Å²) >= 11 is 0. The molecule has 0 saturated carbocycles. The van der Waals surface area contributed by atoms with E-state index in [0.717, 1.165) is 0 Å². The van der Waals surface area contributed by atoms with Crippen molar-refractivity contribution in [3.05, 3.63) is 24.3 Å². The second-order valence-corrected chi connectivity index (χ2v) is 6.81. The summed E-state index contributed by atoms with van der Waals surface area (Å²) in [5.41, 5.74) is -0.581. The van der Waals surface area contributed by atoms with Crippen LogP contribution in [-0.4, -0.2) is 42.9 Å². The number of nitrogens with one attached hydrogen (secondary N) is 1. The van der Waals surface area contributed by atoms with Crippen LogP contribution in [-0.2, 0) is 23.8 Å². The molecular formula is C20H33NO6. The van der Waals surface area contributed by atoms with E-state index in [4.69, 9.17) is 14.2 Å². The highest BCUT2D eigenvalue weighted by Crippen LogP contribution is 2.11. The van der Waals surface area contributed by atoms with Crippen LogP contribution in [0.4, 0.5) is 4.79 Å². The van der Waals surface area contributed by atoms with Crippen molar-refractivity contribution in [3.63, 3.8) is 0 Å². The minimum atomic E-state index is -0.581. The summed E-state index contributed by atoms with van der Waals surface area (Å²) in [7, 11) is 0. The molecule has 0 aromatic carbocycles. The Bertz CT molecular complexity index is 487. The van der Waals surface area contributed by atoms with E-state index in [0.29, 0.717) is 38.9 Å². The number of hydrogen-bond acceptors (Lipinski definition) is 6. The number of hydrogen-bond donors (Lipinski definition) is 1. The zero-order valence-corrected chi connectivity index (χ0v) is 17.1. The van der Waals surface area contributed by atoms with Crippen molar-refractivity contribution < 1.29 is 28.6 Å². The third-order valence-electron chi connectivity index (χ3n) is 3.17. The predicted octanol–water partition coefficient (Wildman–Crippen LogP) is 3.68. The molecule has 0 saturated heterocycles. The molecule has 0 aromatic rings. The quantitative estimate of drug-likeness (QED) is 0.332. The normalized spacial score (nSPS) is 11.8. The van der Waals surface area contributed by atoms with Crippen molar-refractivity contribution in [2.75, 3.05) is 13.2 Å². The fourth-order valence-electron chi connectivity index (χ4n) is 2.10. The maximum Gasteiger partial charge on any atom is 0.407 e. The summed E-state index contributed by atoms with van der Waals surface area (Å²) in [6, 6.07) is -0.154. The lowest BCUT2D eigenvalue weighted by atomic mass is 10.1. The van der Waals surface area contributed by atoms with Gasteiger partial charge in [0, 0.05) is 18.2 Å². The molecule has 0 fully saturated rings. The highest BCUT2D eigenvalue weighted by molar-refractivity contribution is 5.82. The van der Waals surface area contributed by atoms with Crippen molar-refractivity contribution in [1.82, 2.24) is 5.32 Å². The molecule has 0 aliphatic carbocycles. The molecule has 154 valence electrons. The second kappa shape index (κ2) is 13.8. The topological polar surface area (TPSA) is 90.9 Å². The molecule has 0 aliphatic heterocycles. The molecule has 0 aromatic heterocycles. The number of ether oxygens (including phenoxy) is 3. The van der Waals surface area contributed by atoms with Crippen molar-refractivity contribution in [2.24, 2.45) is 0 Å². The Morgan fingerprint density at radius 1 is 0.889 bits per heavy atom. The Morgan fingerprint density at radius 3 is 1.70 bits per heavy atom. The van der Waals surface area contributed by atoms with Gasteiger partial charge in [0.15, 0.2) is 0 Å². The van der Waals surface area contributed by atoms with Crippen LogP contribution in [0.2, 0.25) is 0 Å². The fourth-order valence-corrected chi connectivity index (χ4v) is 2.10. The van der Waals surface area contributed by atoms with Gasteiger partial charge in [-0.3, -0.25) is 0 Å². The van der Waals surface area contributed by atoms with Gasteiger partial charge in [-0.1, -0.05) is 12.2 Å². The SMILES string of the molecule is CCOC(=O)/C=C/CCC(CC/C=C/C(=O)OCC)NC(=O)OC(C)(C)C. The van der Waals surface area contributed by atoms with E-state index in [1.165, 1.54) is 12.2 Å². The number of allylic oxidation sites excluding steroid dienone is 2. The average Bonchev–Trinajstić information content (AvgIpc) is 2.54. The van der Waals surface area contributed by atoms with Gasteiger partial charge in [-0.15, -0.1) is 0 Å². The Labute approximate surface area is 162 Å². The Balaban J connectivity index is 4.58. The van der Waals surface area contributed by atoms with E-state index in [-0.39, 0.29) is 18.0 Å². The first-order valence-corrected chi connectivity index (χ1v) is 9.34. The van der Waals surface area contributed by atoms with Gasteiger partial charge in [0.1, 0.15) is 5.60 Å². The van der Waals surface area contributed by atoms with Crippen molar-refractivity contribution in [2.45, 2.75) is 71.9 Å². The van der Waals surface area contributed by atoms with E-state index in [2.05, 4.69) is 5.32 Å². The van der Waals surface area contributed by atoms with Crippen LogP contribution in [0.15, 0.2) is 24.3 Å². The monoisotopic (exact) mass is 383 g/mol. The Kier molecular flexibility index (Phi) is 12.7. The molecule has 0 radical (unpaired) electrons. The molecule has 1 N–H and O–H groups in total. The number of carbonyl (C=O) groups is 3. The van der Waals surface area contributed by atoms with E-state index >= 15 is 0 Å². The van der Waals surface area contributed by atoms with Gasteiger partial charge in [-0.2, -0.15) is 0 Å². The lowest BCUT2D eigenvalue weighted by molar-refractivity contribution is -0.138. The zero-order chi connectivity index (χ0) is 20.7. The minimum Gasteiger partial charge on any atom is -0.463 e. The van der Waals surface area contributed by atoms with Crippen molar-refractivity contribution >= 4 is 18.0 Å². The maximum absolute atomic E-state index is 12.0. The third kappa shape index (κ3) is 15.6. The number of amides is 1. The van der Waals surface area contributed by atoms with E-state index in [1.807, 2.05) is 0 Å². The van der Waals surface area contributed by atoms with Gasteiger partial charge >= 0.3 is 18.0 Å². The van der Waals surface area contributed by atoms with Gasteiger partial charge < -0.3 is 19.5 Å². The Morgan fingerprint density at radius 2 is 1.33 bits per heavy atom. The largest absolute Gasteiger partial charge is 0.463 e. The lowest BCUT2D eigenvalue weighted by Crippen LogP contribution is -2.39. The standard InChI is InChI=1S/C20H33NO6/c1-6-25-17(22)14-10-8-12-16(21-19(24)27-20(3,4)5)13-9-11-15-18(23)26-7-2/h10-11,14-16H,6-9,12-13H2,1-5H3,(H,21,24)/b14-10+,15-11+. The molecule has 0 bridgehead atoms. The first-order chi connectivity index (χ1) is 12.7. The summed E-state index contributed by atoms with van der Waals surface area (Å²) in [6.07, 6.45) is 8.17. The molecule has 27 heavy (non-hydrogen) atoms. The van der Waals surface area contributed by atoms with E-state index in [1.54, 1.807) is 46.8 Å². The molecule has 7 nitrogen and oxygen atoms in total. The van der Waals surface area contributed by atoms with Crippen LogP contribution >= 0.6 is 0 Å². The summed E-state index contributed by atoms with van der Waals surface area (Å²) in [5, 5.41) is 2.84. The summed E-state index contributed by atoms with van der Waals surface area (Å²) in [6.45, 7) is 9.55. The zero-order valence-electron chi connectivity index (χ0n) is 17.1. The van der Waals surface area contributed by atoms with E-state index < -0.39 is 11.7 Å². The van der Waals surface area contributed by atoms with E-state index in [9.17, 15) is 14.4 Å². The van der Waals surface area contributed by atoms with Gasteiger partial charge in [0.2, 0.25) is 0 Å². The highest BCUT2D eigenvalue weighted by Gasteiger charge is 2.19. The first-order valence-electron chi connectivity index (χ1n) is 9.34. The first kappa shape index (κ1) is 24.7. The second-order valence-electron chi connectivity index (χ2n) is 6.81. The molecule has 1 amide bonds. The summed E-state index contributed by atoms with van der Waals surface area (Å²) in [5.74, 6) is -0.766. The summed E-state index contributed by atoms with van der Waals surface area (Å²) in [4.78, 5) is 34.6.